The van der Waals surface area contributed by atoms with Crippen LogP contribution in [0.1, 0.15) is 21.9 Å². The summed E-state index contributed by atoms with van der Waals surface area (Å²) in [5, 5.41) is 0. The molecule has 6 heteroatoms. The lowest BCUT2D eigenvalue weighted by atomic mass is 10.1. The van der Waals surface area contributed by atoms with Gasteiger partial charge in [-0.1, -0.05) is 6.07 Å². The summed E-state index contributed by atoms with van der Waals surface area (Å²) in [5.41, 5.74) is -0.548. The molecule has 4 nitrogen and oxygen atoms in total. The Kier molecular flexibility index (Phi) is 3.74. The van der Waals surface area contributed by atoms with Gasteiger partial charge in [-0.05, 0) is 26.0 Å². The molecule has 0 bridgehead atoms. The Balaban J connectivity index is 2.41. The molecule has 0 radical (unpaired) electrons. The van der Waals surface area contributed by atoms with Crippen molar-refractivity contribution >= 4 is 5.78 Å². The fourth-order valence-corrected chi connectivity index (χ4v) is 1.94. The molecule has 1 heterocycles. The van der Waals surface area contributed by atoms with Gasteiger partial charge < -0.3 is 0 Å². The van der Waals surface area contributed by atoms with Crippen molar-refractivity contribution in [2.24, 2.45) is 0 Å². The fourth-order valence-electron chi connectivity index (χ4n) is 1.94. The molecule has 2 rings (SSSR count). The molecule has 1 aromatic heterocycles. The summed E-state index contributed by atoms with van der Waals surface area (Å²) < 4.78 is 28.1. The quantitative estimate of drug-likeness (QED) is 0.807. The van der Waals surface area contributed by atoms with Gasteiger partial charge in [-0.3, -0.25) is 14.2 Å². The van der Waals surface area contributed by atoms with Gasteiger partial charge in [0.1, 0.15) is 17.5 Å². The maximum absolute atomic E-state index is 13.5. The van der Waals surface area contributed by atoms with Crippen molar-refractivity contribution in [1.29, 1.82) is 0 Å². The summed E-state index contributed by atoms with van der Waals surface area (Å²) in [6, 6.07) is 4.43. The molecule has 20 heavy (non-hydrogen) atoms. The van der Waals surface area contributed by atoms with Crippen LogP contribution in [0, 0.1) is 25.5 Å². The number of ketones is 1. The number of benzene rings is 1. The predicted octanol–water partition coefficient (Wildman–Crippen LogP) is 2.02. The monoisotopic (exact) mass is 278 g/mol. The maximum Gasteiger partial charge on any atom is 0.254 e. The second-order valence-corrected chi connectivity index (χ2v) is 4.39. The number of aromatic nitrogens is 2. The molecule has 1 aromatic carbocycles. The number of hydrogen-bond donors (Lipinski definition) is 0. The zero-order valence-corrected chi connectivity index (χ0v) is 11.0. The lowest BCUT2D eigenvalue weighted by molar-refractivity contribution is 0.0961. The van der Waals surface area contributed by atoms with Crippen molar-refractivity contribution < 1.29 is 13.6 Å². The van der Waals surface area contributed by atoms with Crippen molar-refractivity contribution in [1.82, 2.24) is 9.55 Å². The zero-order valence-electron chi connectivity index (χ0n) is 11.0. The molecular weight excluding hydrogens is 266 g/mol. The maximum atomic E-state index is 13.5. The van der Waals surface area contributed by atoms with E-state index < -0.39 is 35.1 Å². The van der Waals surface area contributed by atoms with Gasteiger partial charge in [0.05, 0.1) is 12.1 Å². The molecule has 0 aliphatic rings. The molecule has 0 fully saturated rings. The van der Waals surface area contributed by atoms with E-state index in [4.69, 9.17) is 0 Å². The van der Waals surface area contributed by atoms with Crippen LogP contribution < -0.4 is 5.56 Å². The summed E-state index contributed by atoms with van der Waals surface area (Å²) >= 11 is 0. The number of carbonyl (C=O) groups excluding carboxylic acids is 1. The van der Waals surface area contributed by atoms with E-state index in [9.17, 15) is 18.4 Å². The van der Waals surface area contributed by atoms with Crippen LogP contribution in [0.4, 0.5) is 8.78 Å². The van der Waals surface area contributed by atoms with Crippen LogP contribution in [0.25, 0.3) is 0 Å². The lowest BCUT2D eigenvalue weighted by Gasteiger charge is -2.09. The Labute approximate surface area is 113 Å². The average molecular weight is 278 g/mol. The van der Waals surface area contributed by atoms with E-state index in [1.165, 1.54) is 12.1 Å². The molecule has 0 saturated heterocycles. The van der Waals surface area contributed by atoms with Crippen molar-refractivity contribution in [2.45, 2.75) is 20.4 Å². The highest BCUT2D eigenvalue weighted by atomic mass is 19.1. The number of rotatable bonds is 3. The highest BCUT2D eigenvalue weighted by Gasteiger charge is 2.18. The number of Topliss-reactive ketones (excluding diaryl/α,β-unsaturated/α-hetero) is 1. The Morgan fingerprint density at radius 2 is 1.85 bits per heavy atom. The van der Waals surface area contributed by atoms with Crippen molar-refractivity contribution in [2.75, 3.05) is 0 Å². The smallest absolute Gasteiger partial charge is 0.254 e. The zero-order chi connectivity index (χ0) is 14.9. The van der Waals surface area contributed by atoms with E-state index in [1.807, 2.05) is 0 Å². The highest BCUT2D eigenvalue weighted by Crippen LogP contribution is 2.13. The molecular formula is C14H12F2N2O2. The number of nitrogens with zero attached hydrogens (tertiary/aromatic N) is 2. The first-order valence-electron chi connectivity index (χ1n) is 5.92. The normalized spacial score (nSPS) is 10.6. The molecule has 0 atom stereocenters. The van der Waals surface area contributed by atoms with Crippen LogP contribution in [-0.4, -0.2) is 15.3 Å². The van der Waals surface area contributed by atoms with Gasteiger partial charge in [0.25, 0.3) is 5.56 Å². The van der Waals surface area contributed by atoms with Crippen LogP contribution in [0.5, 0.6) is 0 Å². The van der Waals surface area contributed by atoms with Crippen LogP contribution >= 0.6 is 0 Å². The summed E-state index contributed by atoms with van der Waals surface area (Å²) in [7, 11) is 0. The van der Waals surface area contributed by atoms with Crippen LogP contribution in [0.15, 0.2) is 29.1 Å². The summed E-state index contributed by atoms with van der Waals surface area (Å²) in [5.74, 6) is -2.38. The van der Waals surface area contributed by atoms with Crippen LogP contribution in [0.3, 0.4) is 0 Å². The number of hydrogen-bond acceptors (Lipinski definition) is 3. The third kappa shape index (κ3) is 2.64. The molecule has 0 amide bonds. The minimum atomic E-state index is -0.944. The van der Waals surface area contributed by atoms with E-state index in [0.717, 1.165) is 16.7 Å². The topological polar surface area (TPSA) is 52.0 Å². The standard InChI is InChI=1S/C14H12F2N2O2/c1-8-6-13(20)18(9(2)17-8)7-12(19)14-10(15)4-3-5-11(14)16/h3-6H,7H2,1-2H3. The van der Waals surface area contributed by atoms with E-state index in [-0.39, 0.29) is 0 Å². The highest BCUT2D eigenvalue weighted by molar-refractivity contribution is 5.96. The molecule has 0 aliphatic heterocycles. The molecule has 0 saturated carbocycles. The van der Waals surface area contributed by atoms with E-state index in [0.29, 0.717) is 11.5 Å². The molecule has 2 aromatic rings. The minimum absolute atomic E-state index is 0.320. The fraction of sp³-hybridized carbons (Fsp3) is 0.214. The van der Waals surface area contributed by atoms with Gasteiger partial charge in [0.15, 0.2) is 5.78 Å². The van der Waals surface area contributed by atoms with Gasteiger partial charge >= 0.3 is 0 Å². The van der Waals surface area contributed by atoms with Gasteiger partial charge in [0, 0.05) is 11.8 Å². The molecule has 0 spiro atoms. The van der Waals surface area contributed by atoms with Crippen LogP contribution in [0.2, 0.25) is 0 Å². The number of aryl methyl sites for hydroxylation is 2. The number of carbonyl (C=O) groups is 1. The first-order chi connectivity index (χ1) is 9.40. The van der Waals surface area contributed by atoms with Crippen LogP contribution in [-0.2, 0) is 6.54 Å². The average Bonchev–Trinajstić information content (AvgIpc) is 2.33. The van der Waals surface area contributed by atoms with Crippen molar-refractivity contribution in [3.63, 3.8) is 0 Å². The lowest BCUT2D eigenvalue weighted by Crippen LogP contribution is -2.28. The third-order valence-corrected chi connectivity index (χ3v) is 2.87. The summed E-state index contributed by atoms with van der Waals surface area (Å²) in [6.45, 7) is 2.76. The van der Waals surface area contributed by atoms with E-state index in [1.54, 1.807) is 13.8 Å². The van der Waals surface area contributed by atoms with Gasteiger partial charge in [-0.25, -0.2) is 13.8 Å². The minimum Gasteiger partial charge on any atom is -0.292 e. The SMILES string of the molecule is Cc1cc(=O)n(CC(=O)c2c(F)cccc2F)c(C)n1. The second kappa shape index (κ2) is 5.32. The Morgan fingerprint density at radius 3 is 2.40 bits per heavy atom. The van der Waals surface area contributed by atoms with Crippen molar-refractivity contribution in [3.05, 3.63) is 63.3 Å². The Bertz CT molecular complexity index is 718. The number of halogens is 2. The predicted molar refractivity (Wildman–Crippen MR) is 68.7 cm³/mol. The molecule has 0 N–H and O–H groups in total. The Morgan fingerprint density at radius 1 is 1.25 bits per heavy atom. The van der Waals surface area contributed by atoms with E-state index in [2.05, 4.69) is 4.98 Å². The van der Waals surface area contributed by atoms with Gasteiger partial charge in [-0.15, -0.1) is 0 Å². The third-order valence-electron chi connectivity index (χ3n) is 2.87. The first kappa shape index (κ1) is 14.0. The largest absolute Gasteiger partial charge is 0.292 e. The van der Waals surface area contributed by atoms with E-state index >= 15 is 0 Å². The van der Waals surface area contributed by atoms with Crippen molar-refractivity contribution in [3.8, 4) is 0 Å². The summed E-state index contributed by atoms with van der Waals surface area (Å²) in [4.78, 5) is 27.8. The summed E-state index contributed by atoms with van der Waals surface area (Å²) in [6.07, 6.45) is 0. The van der Waals surface area contributed by atoms with Gasteiger partial charge in [0.2, 0.25) is 0 Å². The first-order valence-corrected chi connectivity index (χ1v) is 5.92. The molecule has 0 aliphatic carbocycles. The molecule has 104 valence electrons. The Hall–Kier alpha value is -2.37. The molecule has 0 unspecified atom stereocenters. The van der Waals surface area contributed by atoms with Gasteiger partial charge in [-0.2, -0.15) is 0 Å². The second-order valence-electron chi connectivity index (χ2n) is 4.39.